The van der Waals surface area contributed by atoms with Crippen LogP contribution in [0.2, 0.25) is 5.02 Å². The van der Waals surface area contributed by atoms with Crippen molar-refractivity contribution in [3.63, 3.8) is 0 Å². The minimum atomic E-state index is -0.113. The summed E-state index contributed by atoms with van der Waals surface area (Å²) < 4.78 is 0. The van der Waals surface area contributed by atoms with Crippen molar-refractivity contribution in [1.29, 1.82) is 0 Å². The zero-order valence-electron chi connectivity index (χ0n) is 17.7. The Labute approximate surface area is 192 Å². The number of nitrogens with zero attached hydrogens (tertiary/aromatic N) is 4. The van der Waals surface area contributed by atoms with Crippen molar-refractivity contribution >= 4 is 35.4 Å². The number of hydrogen-bond acceptors (Lipinski definition) is 6. The van der Waals surface area contributed by atoms with Gasteiger partial charge in [-0.15, -0.1) is 0 Å². The molecule has 1 N–H and O–H groups in total. The van der Waals surface area contributed by atoms with Crippen LogP contribution >= 0.6 is 11.6 Å². The third-order valence-electron chi connectivity index (χ3n) is 5.56. The van der Waals surface area contributed by atoms with Gasteiger partial charge in [-0.05, 0) is 49.4 Å². The molecule has 0 radical (unpaired) electrons. The Morgan fingerprint density at radius 1 is 1.03 bits per heavy atom. The van der Waals surface area contributed by atoms with E-state index in [1.807, 2.05) is 54.3 Å². The fourth-order valence-electron chi connectivity index (χ4n) is 3.63. The molecule has 1 aromatic heterocycles. The molecule has 7 nitrogen and oxygen atoms in total. The lowest BCUT2D eigenvalue weighted by molar-refractivity contribution is -0.112. The van der Waals surface area contributed by atoms with Crippen LogP contribution in [0, 0.1) is 0 Å². The molecule has 1 amide bonds. The molecule has 1 atom stereocenters. The van der Waals surface area contributed by atoms with E-state index in [-0.39, 0.29) is 11.9 Å². The van der Waals surface area contributed by atoms with Crippen LogP contribution in [-0.4, -0.2) is 64.2 Å². The van der Waals surface area contributed by atoms with E-state index in [2.05, 4.69) is 20.2 Å². The van der Waals surface area contributed by atoms with E-state index in [1.165, 1.54) is 0 Å². The SMILES string of the molecule is CC(C=O)N1CCN(C(=O)c2ccc(Nc3nccc(-c4ccc(Cl)cc4)n3)cc2)CC1. The Hall–Kier alpha value is -3.29. The number of hydrogen-bond donors (Lipinski definition) is 1. The molecule has 1 saturated heterocycles. The molecule has 1 aliphatic heterocycles. The average molecular weight is 450 g/mol. The monoisotopic (exact) mass is 449 g/mol. The Balaban J connectivity index is 1.39. The number of aromatic nitrogens is 2. The summed E-state index contributed by atoms with van der Waals surface area (Å²) >= 11 is 5.96. The van der Waals surface area contributed by atoms with Crippen LogP contribution in [0.25, 0.3) is 11.3 Å². The van der Waals surface area contributed by atoms with Crippen LogP contribution in [0.4, 0.5) is 11.6 Å². The van der Waals surface area contributed by atoms with Gasteiger partial charge in [-0.3, -0.25) is 9.69 Å². The van der Waals surface area contributed by atoms with Crippen LogP contribution < -0.4 is 5.32 Å². The normalized spacial score (nSPS) is 15.2. The van der Waals surface area contributed by atoms with Crippen LogP contribution in [0.15, 0.2) is 60.8 Å². The Morgan fingerprint density at radius 2 is 1.72 bits per heavy atom. The van der Waals surface area contributed by atoms with Crippen molar-refractivity contribution in [2.75, 3.05) is 31.5 Å². The first-order valence-corrected chi connectivity index (χ1v) is 10.9. The van der Waals surface area contributed by atoms with Crippen molar-refractivity contribution in [2.45, 2.75) is 13.0 Å². The van der Waals surface area contributed by atoms with Gasteiger partial charge in [0.15, 0.2) is 0 Å². The first-order valence-electron chi connectivity index (χ1n) is 10.5. The fraction of sp³-hybridized carbons (Fsp3) is 0.250. The van der Waals surface area contributed by atoms with Crippen molar-refractivity contribution in [2.24, 2.45) is 0 Å². The quantitative estimate of drug-likeness (QED) is 0.575. The number of aldehydes is 1. The molecule has 2 heterocycles. The molecule has 1 unspecified atom stereocenters. The van der Waals surface area contributed by atoms with Crippen LogP contribution in [0.5, 0.6) is 0 Å². The molecular weight excluding hydrogens is 426 g/mol. The summed E-state index contributed by atoms with van der Waals surface area (Å²) in [5.41, 5.74) is 3.15. The van der Waals surface area contributed by atoms with Gasteiger partial charge in [0, 0.05) is 54.2 Å². The fourth-order valence-corrected chi connectivity index (χ4v) is 3.75. The Morgan fingerprint density at radius 3 is 2.38 bits per heavy atom. The highest BCUT2D eigenvalue weighted by molar-refractivity contribution is 6.30. The smallest absolute Gasteiger partial charge is 0.253 e. The predicted molar refractivity (Wildman–Crippen MR) is 125 cm³/mol. The van der Waals surface area contributed by atoms with E-state index in [1.54, 1.807) is 18.3 Å². The van der Waals surface area contributed by atoms with Gasteiger partial charge in [0.05, 0.1) is 11.7 Å². The maximum Gasteiger partial charge on any atom is 0.253 e. The number of carbonyl (C=O) groups is 2. The van der Waals surface area contributed by atoms with E-state index < -0.39 is 0 Å². The second-order valence-electron chi connectivity index (χ2n) is 7.68. The van der Waals surface area contributed by atoms with E-state index in [4.69, 9.17) is 11.6 Å². The predicted octanol–water partition coefficient (Wildman–Crippen LogP) is 3.89. The first-order chi connectivity index (χ1) is 15.5. The number of halogens is 1. The maximum atomic E-state index is 12.8. The Kier molecular flexibility index (Phi) is 6.78. The molecule has 3 aromatic rings. The number of rotatable bonds is 6. The number of benzene rings is 2. The summed E-state index contributed by atoms with van der Waals surface area (Å²) in [7, 11) is 0. The van der Waals surface area contributed by atoms with Gasteiger partial charge in [0.2, 0.25) is 5.95 Å². The summed E-state index contributed by atoms with van der Waals surface area (Å²) in [6.45, 7) is 4.51. The minimum Gasteiger partial charge on any atom is -0.336 e. The highest BCUT2D eigenvalue weighted by Gasteiger charge is 2.24. The van der Waals surface area contributed by atoms with Crippen molar-refractivity contribution in [1.82, 2.24) is 19.8 Å². The zero-order valence-corrected chi connectivity index (χ0v) is 18.5. The third-order valence-corrected chi connectivity index (χ3v) is 5.81. The molecule has 164 valence electrons. The lowest BCUT2D eigenvalue weighted by Crippen LogP contribution is -2.51. The first kappa shape index (κ1) is 21.9. The largest absolute Gasteiger partial charge is 0.336 e. The van der Waals surface area contributed by atoms with Crippen LogP contribution in [-0.2, 0) is 4.79 Å². The number of piperazine rings is 1. The van der Waals surface area contributed by atoms with E-state index in [0.29, 0.717) is 42.7 Å². The van der Waals surface area contributed by atoms with E-state index >= 15 is 0 Å². The molecule has 2 aromatic carbocycles. The lowest BCUT2D eigenvalue weighted by atomic mass is 10.1. The summed E-state index contributed by atoms with van der Waals surface area (Å²) in [5, 5.41) is 3.86. The number of amides is 1. The summed E-state index contributed by atoms with van der Waals surface area (Å²) in [5.74, 6) is 0.466. The van der Waals surface area contributed by atoms with Gasteiger partial charge in [0.25, 0.3) is 5.91 Å². The average Bonchev–Trinajstić information content (AvgIpc) is 2.84. The minimum absolute atomic E-state index is 0.00376. The number of anilines is 2. The highest BCUT2D eigenvalue weighted by atomic mass is 35.5. The molecule has 1 aliphatic rings. The molecule has 0 spiro atoms. The van der Waals surface area contributed by atoms with Gasteiger partial charge in [-0.2, -0.15) is 0 Å². The van der Waals surface area contributed by atoms with E-state index in [0.717, 1.165) is 23.2 Å². The molecule has 8 heteroatoms. The summed E-state index contributed by atoms with van der Waals surface area (Å²) in [4.78, 5) is 36.5. The van der Waals surface area contributed by atoms with Crippen molar-refractivity contribution in [3.8, 4) is 11.3 Å². The molecule has 1 fully saturated rings. The van der Waals surface area contributed by atoms with Gasteiger partial charge in [-0.1, -0.05) is 23.7 Å². The van der Waals surface area contributed by atoms with Crippen LogP contribution in [0.1, 0.15) is 17.3 Å². The molecule has 0 aliphatic carbocycles. The van der Waals surface area contributed by atoms with Crippen molar-refractivity contribution in [3.05, 3.63) is 71.4 Å². The topological polar surface area (TPSA) is 78.4 Å². The van der Waals surface area contributed by atoms with Gasteiger partial charge in [0.1, 0.15) is 6.29 Å². The number of carbonyl (C=O) groups excluding carboxylic acids is 2. The number of nitrogens with one attached hydrogen (secondary N) is 1. The summed E-state index contributed by atoms with van der Waals surface area (Å²) in [6, 6.07) is 16.5. The Bertz CT molecular complexity index is 1080. The van der Waals surface area contributed by atoms with Gasteiger partial charge < -0.3 is 15.0 Å². The van der Waals surface area contributed by atoms with Gasteiger partial charge >= 0.3 is 0 Å². The molecule has 32 heavy (non-hydrogen) atoms. The lowest BCUT2D eigenvalue weighted by Gasteiger charge is -2.36. The molecule has 0 saturated carbocycles. The highest BCUT2D eigenvalue weighted by Crippen LogP contribution is 2.22. The third kappa shape index (κ3) is 5.12. The van der Waals surface area contributed by atoms with Gasteiger partial charge in [-0.25, -0.2) is 9.97 Å². The second-order valence-corrected chi connectivity index (χ2v) is 8.12. The van der Waals surface area contributed by atoms with Crippen molar-refractivity contribution < 1.29 is 9.59 Å². The van der Waals surface area contributed by atoms with Crippen LogP contribution in [0.3, 0.4) is 0 Å². The molecular formula is C24H24ClN5O2. The second kappa shape index (κ2) is 9.89. The molecule has 4 rings (SSSR count). The van der Waals surface area contributed by atoms with E-state index in [9.17, 15) is 9.59 Å². The standard InChI is InChI=1S/C24H24ClN5O2/c1-17(16-31)29-12-14-30(15-13-29)23(32)19-4-8-21(9-5-19)27-24-26-11-10-22(28-24)18-2-6-20(25)7-3-18/h2-11,16-17H,12-15H2,1H3,(H,26,27,28). The zero-order chi connectivity index (χ0) is 22.5. The molecule has 0 bridgehead atoms. The maximum absolute atomic E-state index is 12.8. The summed E-state index contributed by atoms with van der Waals surface area (Å²) in [6.07, 6.45) is 2.64.